The fourth-order valence-corrected chi connectivity index (χ4v) is 7.52. The molecule has 3 heteroatoms. The van der Waals surface area contributed by atoms with E-state index in [-0.39, 0.29) is 16.2 Å². The molecule has 1 N–H and O–H groups in total. The predicted molar refractivity (Wildman–Crippen MR) is 235 cm³/mol. The largest absolute Gasteiger partial charge is 0.353 e. The van der Waals surface area contributed by atoms with Crippen LogP contribution in [0.1, 0.15) is 79.0 Å². The van der Waals surface area contributed by atoms with Gasteiger partial charge in [-0.2, -0.15) is 0 Å². The maximum Gasteiger partial charge on any atom is 0.0736 e. The van der Waals surface area contributed by atoms with Crippen molar-refractivity contribution >= 4 is 21.8 Å². The van der Waals surface area contributed by atoms with E-state index in [1.807, 2.05) is 6.20 Å². The second-order valence-electron chi connectivity index (χ2n) is 18.1. The molecule has 0 amide bonds. The summed E-state index contributed by atoms with van der Waals surface area (Å²) in [7, 11) is 0. The Bertz CT molecular complexity index is 2680. The second-order valence-corrected chi connectivity index (χ2v) is 18.1. The smallest absolute Gasteiger partial charge is 0.0736 e. The van der Waals surface area contributed by atoms with Gasteiger partial charge in [-0.3, -0.25) is 4.98 Å². The fraction of sp³-hybridized carbons (Fsp3) is 0.231. The quantitative estimate of drug-likeness (QED) is 0.193. The lowest BCUT2D eigenvalue weighted by Crippen LogP contribution is -2.11. The molecule has 0 unspecified atom stereocenters. The number of rotatable bonds is 5. The van der Waals surface area contributed by atoms with Crippen LogP contribution in [0.5, 0.6) is 0 Å². The molecule has 0 bridgehead atoms. The molecule has 0 saturated heterocycles. The van der Waals surface area contributed by atoms with Crippen LogP contribution < -0.4 is 0 Å². The van der Waals surface area contributed by atoms with Crippen LogP contribution in [0.25, 0.3) is 77.8 Å². The first-order valence-electron chi connectivity index (χ1n) is 19.5. The van der Waals surface area contributed by atoms with Crippen LogP contribution in [0.3, 0.4) is 0 Å². The summed E-state index contributed by atoms with van der Waals surface area (Å²) >= 11 is 0. The zero-order valence-corrected chi connectivity index (χ0v) is 33.7. The van der Waals surface area contributed by atoms with E-state index in [2.05, 4.69) is 201 Å². The molecule has 8 rings (SSSR count). The van der Waals surface area contributed by atoms with Crippen LogP contribution in [0, 0.1) is 0 Å². The lowest BCUT2D eigenvalue weighted by molar-refractivity contribution is 0.590. The van der Waals surface area contributed by atoms with Crippen LogP contribution in [0.4, 0.5) is 0 Å². The zero-order chi connectivity index (χ0) is 38.7. The van der Waals surface area contributed by atoms with Crippen molar-refractivity contribution in [2.45, 2.75) is 78.6 Å². The Morgan fingerprint density at radius 2 is 0.873 bits per heavy atom. The van der Waals surface area contributed by atoms with Gasteiger partial charge in [0.1, 0.15) is 0 Å². The monoisotopic (exact) mass is 717 g/mol. The highest BCUT2D eigenvalue weighted by Gasteiger charge is 2.25. The third-order valence-corrected chi connectivity index (χ3v) is 10.9. The normalized spacial score (nSPS) is 12.5. The molecular weight excluding hydrogens is 667 g/mol. The maximum absolute atomic E-state index is 5.52. The van der Waals surface area contributed by atoms with Crippen LogP contribution in [0.2, 0.25) is 0 Å². The third kappa shape index (κ3) is 7.12. The number of H-pyrrole nitrogens is 1. The Morgan fingerprint density at radius 3 is 1.44 bits per heavy atom. The SMILES string of the molecule is CC(C)(C)c1cccc(-c2cc(-c3ccccc3)cc(-c3cc(C(C)(C)C)cc4c3[nH]c3c(-c5cc(-c6ccccc6)ccn5)cc(C(C)(C)C)cc34)n2)c1. The molecule has 0 saturated carbocycles. The van der Waals surface area contributed by atoms with Gasteiger partial charge in [-0.05, 0) is 110 Å². The molecule has 55 heavy (non-hydrogen) atoms. The van der Waals surface area contributed by atoms with Crippen molar-refractivity contribution in [3.8, 4) is 56.0 Å². The summed E-state index contributed by atoms with van der Waals surface area (Å²) in [6, 6.07) is 48.5. The minimum atomic E-state index is -0.0938. The average molecular weight is 718 g/mol. The van der Waals surface area contributed by atoms with E-state index in [1.54, 1.807) is 0 Å². The van der Waals surface area contributed by atoms with Gasteiger partial charge in [0.2, 0.25) is 0 Å². The summed E-state index contributed by atoms with van der Waals surface area (Å²) in [6.07, 6.45) is 1.94. The number of aromatic amines is 1. The van der Waals surface area contributed by atoms with E-state index >= 15 is 0 Å². The molecule has 0 aliphatic rings. The maximum atomic E-state index is 5.52. The molecule has 3 nitrogen and oxygen atoms in total. The molecule has 274 valence electrons. The number of nitrogens with zero attached hydrogens (tertiary/aromatic N) is 2. The van der Waals surface area contributed by atoms with Crippen LogP contribution in [0.15, 0.2) is 140 Å². The van der Waals surface area contributed by atoms with Crippen LogP contribution in [-0.2, 0) is 16.2 Å². The van der Waals surface area contributed by atoms with Crippen molar-refractivity contribution in [3.63, 3.8) is 0 Å². The molecule has 0 atom stereocenters. The lowest BCUT2D eigenvalue weighted by atomic mass is 9.83. The summed E-state index contributed by atoms with van der Waals surface area (Å²) in [5, 5.41) is 2.40. The van der Waals surface area contributed by atoms with Gasteiger partial charge in [-0.1, -0.05) is 141 Å². The summed E-state index contributed by atoms with van der Waals surface area (Å²) in [5.74, 6) is 0. The van der Waals surface area contributed by atoms with Crippen molar-refractivity contribution in [1.82, 2.24) is 15.0 Å². The lowest BCUT2D eigenvalue weighted by Gasteiger charge is -2.22. The molecular formula is C52H51N3. The molecule has 0 radical (unpaired) electrons. The number of hydrogen-bond acceptors (Lipinski definition) is 2. The Labute approximate surface area is 326 Å². The highest BCUT2D eigenvalue weighted by Crippen LogP contribution is 2.43. The molecule has 8 aromatic rings. The van der Waals surface area contributed by atoms with Gasteiger partial charge in [0.25, 0.3) is 0 Å². The molecule has 0 aliphatic heterocycles. The van der Waals surface area contributed by atoms with Gasteiger partial charge in [0.15, 0.2) is 0 Å². The minimum absolute atomic E-state index is 0.0204. The number of pyridine rings is 2. The second kappa shape index (κ2) is 13.5. The van der Waals surface area contributed by atoms with Crippen molar-refractivity contribution in [2.75, 3.05) is 0 Å². The first-order chi connectivity index (χ1) is 26.1. The topological polar surface area (TPSA) is 41.6 Å². The van der Waals surface area contributed by atoms with E-state index in [9.17, 15) is 0 Å². The van der Waals surface area contributed by atoms with Crippen LogP contribution in [-0.4, -0.2) is 15.0 Å². The summed E-state index contributed by atoms with van der Waals surface area (Å²) < 4.78 is 0. The first kappa shape index (κ1) is 36.2. The molecule has 0 fully saturated rings. The number of aromatic nitrogens is 3. The van der Waals surface area contributed by atoms with Crippen molar-refractivity contribution in [2.24, 2.45) is 0 Å². The van der Waals surface area contributed by atoms with Gasteiger partial charge >= 0.3 is 0 Å². The van der Waals surface area contributed by atoms with Gasteiger partial charge in [0, 0.05) is 33.7 Å². The number of hydrogen-bond donors (Lipinski definition) is 1. The standard InChI is InChI=1S/C52H51N3/c1-50(2,3)38-22-16-21-36(25-38)45-27-37(34-19-14-11-15-20-34)28-47(54-45)44-32-40(52(7,8)9)30-42-41-29-39(51(4,5)6)31-43(48(41)55-49(42)44)46-26-35(23-24-53-46)33-17-12-10-13-18-33/h10-32,55H,1-9H3. The van der Waals surface area contributed by atoms with Crippen molar-refractivity contribution < 1.29 is 0 Å². The van der Waals surface area contributed by atoms with E-state index in [0.717, 1.165) is 55.9 Å². The van der Waals surface area contributed by atoms with E-state index in [0.29, 0.717) is 0 Å². The van der Waals surface area contributed by atoms with Gasteiger partial charge in [-0.15, -0.1) is 0 Å². The van der Waals surface area contributed by atoms with E-state index in [1.165, 1.54) is 38.6 Å². The summed E-state index contributed by atoms with van der Waals surface area (Å²) in [5.41, 5.74) is 16.7. The minimum Gasteiger partial charge on any atom is -0.353 e. The van der Waals surface area contributed by atoms with E-state index in [4.69, 9.17) is 9.97 Å². The Morgan fingerprint density at radius 1 is 0.382 bits per heavy atom. The Kier molecular flexibility index (Phi) is 8.88. The Balaban J connectivity index is 1.44. The fourth-order valence-electron chi connectivity index (χ4n) is 7.52. The summed E-state index contributed by atoms with van der Waals surface area (Å²) in [6.45, 7) is 20.6. The Hall–Kier alpha value is -5.80. The third-order valence-electron chi connectivity index (χ3n) is 10.9. The van der Waals surface area contributed by atoms with Crippen molar-refractivity contribution in [3.05, 3.63) is 156 Å². The number of fused-ring (bicyclic) bond motifs is 3. The van der Waals surface area contributed by atoms with Gasteiger partial charge in [-0.25, -0.2) is 4.98 Å². The van der Waals surface area contributed by atoms with Crippen molar-refractivity contribution in [1.29, 1.82) is 0 Å². The molecule has 3 aromatic heterocycles. The average Bonchev–Trinajstić information content (AvgIpc) is 3.55. The van der Waals surface area contributed by atoms with Gasteiger partial charge in [0.05, 0.1) is 28.1 Å². The number of nitrogens with one attached hydrogen (secondary N) is 1. The highest BCUT2D eigenvalue weighted by atomic mass is 14.8. The van der Waals surface area contributed by atoms with Gasteiger partial charge < -0.3 is 4.98 Å². The van der Waals surface area contributed by atoms with E-state index < -0.39 is 0 Å². The molecule has 3 heterocycles. The molecule has 5 aromatic carbocycles. The number of benzene rings is 5. The highest BCUT2D eigenvalue weighted by molar-refractivity contribution is 6.16. The molecule has 0 aliphatic carbocycles. The summed E-state index contributed by atoms with van der Waals surface area (Å²) in [4.78, 5) is 14.5. The van der Waals surface area contributed by atoms with Crippen LogP contribution >= 0.6 is 0 Å². The molecule has 0 spiro atoms. The zero-order valence-electron chi connectivity index (χ0n) is 33.7. The predicted octanol–water partition coefficient (Wildman–Crippen LogP) is 14.3. The first-order valence-corrected chi connectivity index (χ1v) is 19.5.